The van der Waals surface area contributed by atoms with E-state index >= 15 is 0 Å². The van der Waals surface area contributed by atoms with Crippen molar-refractivity contribution in [3.05, 3.63) is 59.2 Å². The van der Waals surface area contributed by atoms with Gasteiger partial charge in [-0.15, -0.1) is 0 Å². The molecule has 4 nitrogen and oxygen atoms in total. The number of benzene rings is 2. The van der Waals surface area contributed by atoms with E-state index in [0.29, 0.717) is 0 Å². The number of urea groups is 1. The van der Waals surface area contributed by atoms with Crippen molar-refractivity contribution >= 4 is 11.7 Å². The maximum absolute atomic E-state index is 12.1. The lowest BCUT2D eigenvalue weighted by molar-refractivity contribution is 0.233. The summed E-state index contributed by atoms with van der Waals surface area (Å²) in [5, 5.41) is 5.58. The van der Waals surface area contributed by atoms with Gasteiger partial charge < -0.3 is 15.4 Å². The van der Waals surface area contributed by atoms with E-state index < -0.39 is 0 Å². The third kappa shape index (κ3) is 6.02. The SMILES string of the molecule is Cc1ccc(OCNC(=O)Nc2ccc(C(C)(C)C)cc2)c(C(C)(C)C)c1. The second kappa shape index (κ2) is 8.03. The molecule has 2 aromatic carbocycles. The molecule has 0 aliphatic rings. The zero-order valence-corrected chi connectivity index (χ0v) is 17.6. The maximum atomic E-state index is 12.1. The Labute approximate surface area is 163 Å². The minimum atomic E-state index is -0.289. The highest BCUT2D eigenvalue weighted by atomic mass is 16.5. The fraction of sp³-hybridized carbons (Fsp3) is 0.435. The number of carbonyl (C=O) groups is 1. The lowest BCUT2D eigenvalue weighted by Gasteiger charge is -2.23. The van der Waals surface area contributed by atoms with E-state index in [2.05, 4.69) is 65.2 Å². The standard InChI is InChI=1S/C23H32N2O2/c1-16-8-13-20(19(14-16)23(5,6)7)27-15-24-21(26)25-18-11-9-17(10-12-18)22(2,3)4/h8-14H,15H2,1-7H3,(H2,24,25,26). The maximum Gasteiger partial charge on any atom is 0.321 e. The quantitative estimate of drug-likeness (QED) is 0.675. The fourth-order valence-corrected chi connectivity index (χ4v) is 2.76. The number of hydrogen-bond acceptors (Lipinski definition) is 2. The van der Waals surface area contributed by atoms with Crippen molar-refractivity contribution in [2.24, 2.45) is 0 Å². The van der Waals surface area contributed by atoms with Gasteiger partial charge in [0.25, 0.3) is 0 Å². The Balaban J connectivity index is 1.92. The largest absolute Gasteiger partial charge is 0.473 e. The van der Waals surface area contributed by atoms with E-state index in [-0.39, 0.29) is 23.6 Å². The van der Waals surface area contributed by atoms with E-state index in [4.69, 9.17) is 4.74 Å². The van der Waals surface area contributed by atoms with Gasteiger partial charge >= 0.3 is 6.03 Å². The van der Waals surface area contributed by atoms with Crippen molar-refractivity contribution in [2.75, 3.05) is 12.0 Å². The minimum Gasteiger partial charge on any atom is -0.473 e. The van der Waals surface area contributed by atoms with Crippen LogP contribution in [-0.4, -0.2) is 12.8 Å². The number of rotatable bonds is 4. The third-order valence-electron chi connectivity index (χ3n) is 4.41. The Bertz CT molecular complexity index is 782. The molecular weight excluding hydrogens is 336 g/mol. The van der Waals surface area contributed by atoms with Gasteiger partial charge in [0.15, 0.2) is 6.73 Å². The molecule has 2 N–H and O–H groups in total. The number of aryl methyl sites for hydroxylation is 1. The Hall–Kier alpha value is -2.49. The van der Waals surface area contributed by atoms with Gasteiger partial charge in [-0.3, -0.25) is 0 Å². The van der Waals surface area contributed by atoms with Crippen molar-refractivity contribution in [2.45, 2.75) is 59.3 Å². The van der Waals surface area contributed by atoms with Crippen molar-refractivity contribution in [3.63, 3.8) is 0 Å². The fourth-order valence-electron chi connectivity index (χ4n) is 2.76. The highest BCUT2D eigenvalue weighted by molar-refractivity contribution is 5.89. The smallest absolute Gasteiger partial charge is 0.321 e. The third-order valence-corrected chi connectivity index (χ3v) is 4.41. The predicted octanol–water partition coefficient (Wildman–Crippen LogP) is 5.75. The molecule has 2 aromatic rings. The molecule has 146 valence electrons. The van der Waals surface area contributed by atoms with Crippen LogP contribution >= 0.6 is 0 Å². The molecule has 2 amide bonds. The van der Waals surface area contributed by atoms with Crippen LogP contribution in [0.15, 0.2) is 42.5 Å². The van der Waals surface area contributed by atoms with Crippen LogP contribution in [0.5, 0.6) is 5.75 Å². The first-order valence-electron chi connectivity index (χ1n) is 9.36. The lowest BCUT2D eigenvalue weighted by Crippen LogP contribution is -2.32. The molecule has 0 aromatic heterocycles. The van der Waals surface area contributed by atoms with Crippen molar-refractivity contribution in [1.29, 1.82) is 0 Å². The van der Waals surface area contributed by atoms with E-state index in [9.17, 15) is 4.79 Å². The summed E-state index contributed by atoms with van der Waals surface area (Å²) in [5.41, 5.74) is 4.36. The summed E-state index contributed by atoms with van der Waals surface area (Å²) in [6, 6.07) is 13.7. The molecule has 27 heavy (non-hydrogen) atoms. The first kappa shape index (κ1) is 20.8. The Morgan fingerprint density at radius 1 is 0.926 bits per heavy atom. The van der Waals surface area contributed by atoms with Crippen LogP contribution in [0, 0.1) is 6.92 Å². The molecule has 0 saturated carbocycles. The first-order chi connectivity index (χ1) is 12.5. The van der Waals surface area contributed by atoms with Gasteiger partial charge in [0.2, 0.25) is 0 Å². The summed E-state index contributed by atoms with van der Waals surface area (Å²) in [5.74, 6) is 0.794. The molecule has 0 heterocycles. The number of amides is 2. The summed E-state index contributed by atoms with van der Waals surface area (Å²) in [6.07, 6.45) is 0. The lowest BCUT2D eigenvalue weighted by atomic mass is 9.85. The number of hydrogen-bond donors (Lipinski definition) is 2. The topological polar surface area (TPSA) is 50.4 Å². The van der Waals surface area contributed by atoms with Crippen LogP contribution in [0.4, 0.5) is 10.5 Å². The zero-order valence-electron chi connectivity index (χ0n) is 17.6. The molecular formula is C23H32N2O2. The Morgan fingerprint density at radius 2 is 1.56 bits per heavy atom. The van der Waals surface area contributed by atoms with Crippen LogP contribution in [0.3, 0.4) is 0 Å². The number of carbonyl (C=O) groups excluding carboxylic acids is 1. The highest BCUT2D eigenvalue weighted by Gasteiger charge is 2.19. The summed E-state index contributed by atoms with van der Waals surface area (Å²) in [4.78, 5) is 12.1. The average molecular weight is 369 g/mol. The molecule has 0 aliphatic heterocycles. The van der Waals surface area contributed by atoms with E-state index in [1.54, 1.807) is 0 Å². The van der Waals surface area contributed by atoms with E-state index in [1.807, 2.05) is 36.4 Å². The van der Waals surface area contributed by atoms with Gasteiger partial charge in [-0.25, -0.2) is 4.79 Å². The minimum absolute atomic E-state index is 0.0294. The second-order valence-corrected chi connectivity index (χ2v) is 9.00. The normalized spacial score (nSPS) is 11.8. The molecule has 0 spiro atoms. The molecule has 2 rings (SSSR count). The monoisotopic (exact) mass is 368 g/mol. The molecule has 0 aliphatic carbocycles. The van der Waals surface area contributed by atoms with Gasteiger partial charge in [-0.2, -0.15) is 0 Å². The van der Waals surface area contributed by atoms with Crippen LogP contribution < -0.4 is 15.4 Å². The van der Waals surface area contributed by atoms with Crippen molar-refractivity contribution in [1.82, 2.24) is 5.32 Å². The molecule has 0 fully saturated rings. The molecule has 0 radical (unpaired) electrons. The summed E-state index contributed by atoms with van der Waals surface area (Å²) < 4.78 is 5.82. The second-order valence-electron chi connectivity index (χ2n) is 9.00. The molecule has 0 saturated heterocycles. The summed E-state index contributed by atoms with van der Waals surface area (Å²) in [6.45, 7) is 15.1. The van der Waals surface area contributed by atoms with Gasteiger partial charge in [-0.05, 0) is 47.1 Å². The zero-order chi connectivity index (χ0) is 20.2. The molecule has 4 heteroatoms. The average Bonchev–Trinajstić information content (AvgIpc) is 2.55. The first-order valence-corrected chi connectivity index (χ1v) is 9.36. The highest BCUT2D eigenvalue weighted by Crippen LogP contribution is 2.32. The van der Waals surface area contributed by atoms with Crippen LogP contribution in [0.1, 0.15) is 58.2 Å². The van der Waals surface area contributed by atoms with E-state index in [0.717, 1.165) is 17.0 Å². The predicted molar refractivity (Wildman–Crippen MR) is 113 cm³/mol. The molecule has 0 bridgehead atoms. The van der Waals surface area contributed by atoms with E-state index in [1.165, 1.54) is 11.1 Å². The van der Waals surface area contributed by atoms with Gasteiger partial charge in [0.1, 0.15) is 5.75 Å². The molecule has 0 unspecified atom stereocenters. The number of nitrogens with one attached hydrogen (secondary N) is 2. The van der Waals surface area contributed by atoms with Crippen LogP contribution in [-0.2, 0) is 10.8 Å². The summed E-state index contributed by atoms with van der Waals surface area (Å²) >= 11 is 0. The number of ether oxygens (including phenoxy) is 1. The van der Waals surface area contributed by atoms with Crippen molar-refractivity contribution < 1.29 is 9.53 Å². The Kier molecular flexibility index (Phi) is 6.19. The Morgan fingerprint density at radius 3 is 2.11 bits per heavy atom. The number of anilines is 1. The van der Waals surface area contributed by atoms with Crippen LogP contribution in [0.25, 0.3) is 0 Å². The van der Waals surface area contributed by atoms with Gasteiger partial charge in [0, 0.05) is 5.69 Å². The van der Waals surface area contributed by atoms with Gasteiger partial charge in [-0.1, -0.05) is 71.4 Å². The van der Waals surface area contributed by atoms with Crippen LogP contribution in [0.2, 0.25) is 0 Å². The van der Waals surface area contributed by atoms with Gasteiger partial charge in [0.05, 0.1) is 0 Å². The molecule has 0 atom stereocenters. The van der Waals surface area contributed by atoms with Crippen molar-refractivity contribution in [3.8, 4) is 5.75 Å². The summed E-state index contributed by atoms with van der Waals surface area (Å²) in [7, 11) is 0.